The summed E-state index contributed by atoms with van der Waals surface area (Å²) in [4.78, 5) is 0. The Morgan fingerprint density at radius 2 is 0.800 bits per heavy atom. The van der Waals surface area contributed by atoms with Gasteiger partial charge in [0, 0.05) is 0 Å². The zero-order valence-electron chi connectivity index (χ0n) is 19.7. The fourth-order valence-corrected chi connectivity index (χ4v) is 4.66. The van der Waals surface area contributed by atoms with Gasteiger partial charge in [-0.1, -0.05) is 0 Å². The van der Waals surface area contributed by atoms with Gasteiger partial charge in [0.15, 0.2) is 0 Å². The summed E-state index contributed by atoms with van der Waals surface area (Å²) < 4.78 is 5.48. The predicted octanol–water partition coefficient (Wildman–Crippen LogP) is 7.84. The Bertz CT molecular complexity index is 944. The minimum atomic E-state index is 0.440. The first-order valence-electron chi connectivity index (χ1n) is 11.2. The van der Waals surface area contributed by atoms with E-state index in [9.17, 15) is 0 Å². The third-order valence-corrected chi connectivity index (χ3v) is 6.41. The first-order valence-corrected chi connectivity index (χ1v) is 11.7. The van der Waals surface area contributed by atoms with E-state index < -0.39 is 0 Å². The van der Waals surface area contributed by atoms with Gasteiger partial charge in [0.05, 0.1) is 0 Å². The summed E-state index contributed by atoms with van der Waals surface area (Å²) in [7, 11) is 0. The molecule has 3 rings (SSSR count). The fraction of sp³-hybridized carbons (Fsp3) is 0.444. The molecule has 30 heavy (non-hydrogen) atoms. The summed E-state index contributed by atoms with van der Waals surface area (Å²) in [5.74, 6) is 1.76. The molecule has 0 aliphatic heterocycles. The van der Waals surface area contributed by atoms with Crippen molar-refractivity contribution >= 4 is 0 Å². The number of rotatable bonds is 6. The third kappa shape index (κ3) is 4.15. The molecule has 0 aliphatic carbocycles. The molecule has 0 N–H and O–H groups in total. The molecule has 0 unspecified atom stereocenters. The van der Waals surface area contributed by atoms with Crippen LogP contribution in [0.5, 0.6) is 0 Å². The van der Waals surface area contributed by atoms with E-state index in [0.717, 1.165) is 4.36 Å². The Morgan fingerprint density at radius 1 is 0.533 bits per heavy atom. The van der Waals surface area contributed by atoms with Gasteiger partial charge in [-0.25, -0.2) is 0 Å². The summed E-state index contributed by atoms with van der Waals surface area (Å²) >= 11 is 5.14. The summed E-state index contributed by atoms with van der Waals surface area (Å²) in [5.41, 5.74) is 7.99. The maximum atomic E-state index is 5.14. The van der Waals surface area contributed by atoms with Crippen LogP contribution in [0.25, 0.3) is 11.4 Å². The van der Waals surface area contributed by atoms with E-state index in [1.807, 2.05) is 0 Å². The van der Waals surface area contributed by atoms with Gasteiger partial charge in [0.25, 0.3) is 0 Å². The Labute approximate surface area is 190 Å². The average molecular weight is 448 g/mol. The molecule has 0 bridgehead atoms. The molecule has 2 aromatic carbocycles. The zero-order chi connectivity index (χ0) is 22.2. The first-order chi connectivity index (χ1) is 14.1. The number of nitrogens with zero attached hydrogens (tertiary/aromatic N) is 2. The molecule has 3 heteroatoms. The Morgan fingerprint density at radius 3 is 1.03 bits per heavy atom. The molecule has 0 atom stereocenters. The summed E-state index contributed by atoms with van der Waals surface area (Å²) in [5, 5.41) is 0. The topological polar surface area (TPSA) is 9.86 Å². The van der Waals surface area contributed by atoms with Gasteiger partial charge in [-0.05, 0) is 0 Å². The van der Waals surface area contributed by atoms with E-state index in [2.05, 4.69) is 113 Å². The van der Waals surface area contributed by atoms with Gasteiger partial charge in [0.1, 0.15) is 0 Å². The normalized spacial score (nSPS) is 12.0. The Balaban J connectivity index is 2.33. The van der Waals surface area contributed by atoms with Crippen molar-refractivity contribution in [3.05, 3.63) is 75.4 Å². The second-order valence-electron chi connectivity index (χ2n) is 9.48. The van der Waals surface area contributed by atoms with Crippen molar-refractivity contribution in [3.8, 4) is 11.4 Å². The van der Waals surface area contributed by atoms with Crippen LogP contribution in [-0.4, -0.2) is 9.13 Å². The number of imidazole rings is 1. The summed E-state index contributed by atoms with van der Waals surface area (Å²) in [6, 6.07) is 13.4. The molecular weight excluding hydrogens is 411 g/mol. The molecule has 0 saturated carbocycles. The molecule has 1 aromatic heterocycles. The average Bonchev–Trinajstić information content (AvgIpc) is 3.07. The van der Waals surface area contributed by atoms with E-state index >= 15 is 0 Å². The van der Waals surface area contributed by atoms with Crippen LogP contribution < -0.4 is 0 Å². The van der Waals surface area contributed by atoms with E-state index in [0.29, 0.717) is 23.7 Å². The van der Waals surface area contributed by atoms with Crippen molar-refractivity contribution in [2.75, 3.05) is 0 Å². The molecule has 2 nitrogen and oxygen atoms in total. The van der Waals surface area contributed by atoms with Crippen LogP contribution in [-0.2, 0) is 15.3 Å². The van der Waals surface area contributed by atoms with Crippen LogP contribution >= 0.6 is 0 Å². The SMILES string of the molecule is CC(C)c1cccc(C(C)C)c1-n1ccn(-c2c(C(C)C)cccc2C(C)C)[c]1=[Co]. The number of benzene rings is 2. The van der Waals surface area contributed by atoms with Crippen molar-refractivity contribution in [1.29, 1.82) is 0 Å². The van der Waals surface area contributed by atoms with Gasteiger partial charge in [-0.2, -0.15) is 0 Å². The van der Waals surface area contributed by atoms with Crippen molar-refractivity contribution < 1.29 is 15.3 Å². The van der Waals surface area contributed by atoms with Crippen LogP contribution in [0.2, 0.25) is 0 Å². The number of hydrogen-bond acceptors (Lipinski definition) is 0. The van der Waals surface area contributed by atoms with E-state index in [-0.39, 0.29) is 0 Å². The Kier molecular flexibility index (Phi) is 6.93. The fourth-order valence-electron chi connectivity index (χ4n) is 4.27. The summed E-state index contributed by atoms with van der Waals surface area (Å²) in [6.07, 6.45) is 4.35. The summed E-state index contributed by atoms with van der Waals surface area (Å²) in [6.45, 7) is 18.1. The Hall–Kier alpha value is -1.84. The van der Waals surface area contributed by atoms with Gasteiger partial charge in [-0.3, -0.25) is 0 Å². The van der Waals surface area contributed by atoms with E-state index in [4.69, 9.17) is 15.3 Å². The first kappa shape index (κ1) is 22.8. The van der Waals surface area contributed by atoms with Crippen molar-refractivity contribution in [3.63, 3.8) is 0 Å². The number of hydrogen-bond donors (Lipinski definition) is 0. The van der Waals surface area contributed by atoms with Crippen LogP contribution in [0.15, 0.2) is 48.8 Å². The molecule has 0 fully saturated rings. The quantitative estimate of drug-likeness (QED) is 0.364. The standard InChI is InChI=1S/C27H36N2.Co/c1-18(2)22-11-9-12-23(19(3)4)26(22)28-15-16-29(17-28)27-24(20(5)6)13-10-14-25(27)21(7)8;/h9-16,18-21H,1-8H3;. The van der Waals surface area contributed by atoms with E-state index in [1.54, 1.807) is 0 Å². The van der Waals surface area contributed by atoms with Gasteiger partial charge in [-0.15, -0.1) is 0 Å². The number of aromatic nitrogens is 2. The second-order valence-corrected chi connectivity index (χ2v) is 9.94. The van der Waals surface area contributed by atoms with Crippen LogP contribution in [0.4, 0.5) is 0 Å². The van der Waals surface area contributed by atoms with Crippen LogP contribution in [0.1, 0.15) is 101 Å². The second kappa shape index (κ2) is 9.11. The van der Waals surface area contributed by atoms with Gasteiger partial charge in [0.2, 0.25) is 0 Å². The predicted molar refractivity (Wildman–Crippen MR) is 125 cm³/mol. The molecule has 0 spiro atoms. The maximum absolute atomic E-state index is 5.14. The molecule has 0 aliphatic rings. The molecule has 1 heterocycles. The van der Waals surface area contributed by atoms with Crippen LogP contribution in [0, 0.1) is 4.36 Å². The molecule has 3 aromatic rings. The van der Waals surface area contributed by atoms with Gasteiger partial charge < -0.3 is 0 Å². The molecule has 0 radical (unpaired) electrons. The molecule has 163 valence electrons. The molecular formula is C27H36CoN2. The minimum absolute atomic E-state index is 0.440. The third-order valence-electron chi connectivity index (χ3n) is 5.91. The van der Waals surface area contributed by atoms with Crippen molar-refractivity contribution in [2.45, 2.75) is 79.1 Å². The van der Waals surface area contributed by atoms with Crippen molar-refractivity contribution in [2.24, 2.45) is 0 Å². The van der Waals surface area contributed by atoms with Gasteiger partial charge >= 0.3 is 190 Å². The molecule has 0 saturated heterocycles. The monoisotopic (exact) mass is 447 g/mol. The number of para-hydroxylation sites is 2. The van der Waals surface area contributed by atoms with E-state index in [1.165, 1.54) is 33.6 Å². The van der Waals surface area contributed by atoms with Crippen LogP contribution in [0.3, 0.4) is 0 Å². The van der Waals surface area contributed by atoms with Crippen molar-refractivity contribution in [1.82, 2.24) is 9.13 Å². The zero-order valence-corrected chi connectivity index (χ0v) is 20.7. The molecule has 0 amide bonds.